The number of rotatable bonds is 5. The van der Waals surface area contributed by atoms with Gasteiger partial charge in [-0.15, -0.1) is 0 Å². The normalized spacial score (nSPS) is 10.6. The summed E-state index contributed by atoms with van der Waals surface area (Å²) in [6.45, 7) is 0.585. The van der Waals surface area contributed by atoms with Gasteiger partial charge in [-0.2, -0.15) is 5.10 Å². The average Bonchev–Trinajstić information content (AvgIpc) is 2.98. The highest BCUT2D eigenvalue weighted by Gasteiger charge is 2.10. The predicted octanol–water partition coefficient (Wildman–Crippen LogP) is 4.53. The number of amides is 1. The fraction of sp³-hybridized carbons (Fsp3) is 0.111. The number of benzene rings is 2. The fourth-order valence-corrected chi connectivity index (χ4v) is 2.80. The highest BCUT2D eigenvalue weighted by Crippen LogP contribution is 2.17. The predicted molar refractivity (Wildman–Crippen MR) is 99.3 cm³/mol. The summed E-state index contributed by atoms with van der Waals surface area (Å²) in [5.74, 6) is 0.538. The molecule has 0 aliphatic heterocycles. The largest absolute Gasteiger partial charge is 0.311 e. The lowest BCUT2D eigenvalue weighted by Crippen LogP contribution is -2.18. The summed E-state index contributed by atoms with van der Waals surface area (Å²) >= 11 is 9.52. The summed E-state index contributed by atoms with van der Waals surface area (Å²) in [6, 6.07) is 17.1. The number of halogens is 2. The number of nitrogens with one attached hydrogen (secondary N) is 1. The van der Waals surface area contributed by atoms with E-state index in [2.05, 4.69) is 26.3 Å². The first-order chi connectivity index (χ1) is 11.6. The molecule has 2 aromatic carbocycles. The standard InChI is InChI=1S/C18H15BrClN3O/c19-15-7-5-13(6-8-15)12-23-17(9-10-21-23)22-18(24)11-14-3-1-2-4-16(14)20/h1-10H,11-12H2,(H,22,24). The number of carbonyl (C=O) groups excluding carboxylic acids is 1. The van der Waals surface area contributed by atoms with Gasteiger partial charge >= 0.3 is 0 Å². The van der Waals surface area contributed by atoms with Crippen molar-refractivity contribution in [3.05, 3.63) is 81.4 Å². The van der Waals surface area contributed by atoms with Crippen molar-refractivity contribution in [3.8, 4) is 0 Å². The average molecular weight is 405 g/mol. The highest BCUT2D eigenvalue weighted by molar-refractivity contribution is 9.10. The molecule has 1 aromatic heterocycles. The van der Waals surface area contributed by atoms with Crippen LogP contribution < -0.4 is 5.32 Å². The molecule has 6 heteroatoms. The minimum atomic E-state index is -0.124. The molecular formula is C18H15BrClN3O. The summed E-state index contributed by atoms with van der Waals surface area (Å²) in [4.78, 5) is 12.3. The van der Waals surface area contributed by atoms with Gasteiger partial charge in [0.2, 0.25) is 5.91 Å². The SMILES string of the molecule is O=C(Cc1ccccc1Cl)Nc1ccnn1Cc1ccc(Br)cc1. The maximum atomic E-state index is 12.3. The van der Waals surface area contributed by atoms with Gasteiger partial charge in [0.1, 0.15) is 5.82 Å². The molecule has 0 radical (unpaired) electrons. The first-order valence-corrected chi connectivity index (χ1v) is 8.58. The Kier molecular flexibility index (Phi) is 5.33. The van der Waals surface area contributed by atoms with Crippen LogP contribution in [0.25, 0.3) is 0 Å². The molecule has 3 aromatic rings. The molecule has 0 bridgehead atoms. The van der Waals surface area contributed by atoms with Crippen LogP contribution in [-0.2, 0) is 17.8 Å². The van der Waals surface area contributed by atoms with Gasteiger partial charge in [0, 0.05) is 15.6 Å². The van der Waals surface area contributed by atoms with E-state index in [1.165, 1.54) is 0 Å². The zero-order chi connectivity index (χ0) is 16.9. The van der Waals surface area contributed by atoms with Crippen LogP contribution in [0.5, 0.6) is 0 Å². The van der Waals surface area contributed by atoms with Gasteiger partial charge in [0.25, 0.3) is 0 Å². The number of anilines is 1. The molecule has 0 atom stereocenters. The Balaban J connectivity index is 1.68. The Hall–Kier alpha value is -2.11. The number of aromatic nitrogens is 2. The van der Waals surface area contributed by atoms with E-state index < -0.39 is 0 Å². The summed E-state index contributed by atoms with van der Waals surface area (Å²) in [7, 11) is 0. The van der Waals surface area contributed by atoms with Crippen LogP contribution in [0.15, 0.2) is 65.3 Å². The van der Waals surface area contributed by atoms with E-state index in [0.717, 1.165) is 15.6 Å². The Morgan fingerprint density at radius 1 is 1.12 bits per heavy atom. The lowest BCUT2D eigenvalue weighted by Gasteiger charge is -2.10. The summed E-state index contributed by atoms with van der Waals surface area (Å²) in [6.07, 6.45) is 1.90. The molecule has 0 aliphatic rings. The second-order valence-corrected chi connectivity index (χ2v) is 6.64. The molecule has 0 fully saturated rings. The maximum Gasteiger partial charge on any atom is 0.229 e. The van der Waals surface area contributed by atoms with Crippen LogP contribution in [-0.4, -0.2) is 15.7 Å². The van der Waals surface area contributed by atoms with Crippen molar-refractivity contribution < 1.29 is 4.79 Å². The minimum Gasteiger partial charge on any atom is -0.311 e. The van der Waals surface area contributed by atoms with Crippen molar-refractivity contribution in [1.29, 1.82) is 0 Å². The molecule has 1 heterocycles. The van der Waals surface area contributed by atoms with E-state index in [1.54, 1.807) is 23.0 Å². The van der Waals surface area contributed by atoms with Crippen LogP contribution in [0, 0.1) is 0 Å². The lowest BCUT2D eigenvalue weighted by molar-refractivity contribution is -0.115. The third-order valence-electron chi connectivity index (χ3n) is 3.54. The van der Waals surface area contributed by atoms with E-state index in [1.807, 2.05) is 42.5 Å². The molecule has 1 N–H and O–H groups in total. The molecule has 0 saturated carbocycles. The first-order valence-electron chi connectivity index (χ1n) is 7.41. The Labute approximate surface area is 153 Å². The monoisotopic (exact) mass is 403 g/mol. The van der Waals surface area contributed by atoms with E-state index in [0.29, 0.717) is 17.4 Å². The summed E-state index contributed by atoms with van der Waals surface area (Å²) in [5, 5.41) is 7.76. The Morgan fingerprint density at radius 2 is 1.88 bits per heavy atom. The molecule has 24 heavy (non-hydrogen) atoms. The first kappa shape index (κ1) is 16.7. The second-order valence-electron chi connectivity index (χ2n) is 5.32. The van der Waals surface area contributed by atoms with Gasteiger partial charge in [-0.25, -0.2) is 4.68 Å². The zero-order valence-electron chi connectivity index (χ0n) is 12.7. The van der Waals surface area contributed by atoms with Gasteiger partial charge in [-0.05, 0) is 29.3 Å². The van der Waals surface area contributed by atoms with Crippen LogP contribution in [0.3, 0.4) is 0 Å². The van der Waals surface area contributed by atoms with Crippen molar-refractivity contribution in [2.45, 2.75) is 13.0 Å². The van der Waals surface area contributed by atoms with Gasteiger partial charge in [-0.1, -0.05) is 57.9 Å². The number of hydrogen-bond donors (Lipinski definition) is 1. The van der Waals surface area contributed by atoms with Crippen LogP contribution >= 0.6 is 27.5 Å². The van der Waals surface area contributed by atoms with Crippen LogP contribution in [0.1, 0.15) is 11.1 Å². The van der Waals surface area contributed by atoms with E-state index in [-0.39, 0.29) is 12.3 Å². The molecule has 0 saturated heterocycles. The second kappa shape index (κ2) is 7.64. The van der Waals surface area contributed by atoms with Crippen LogP contribution in [0.2, 0.25) is 5.02 Å². The van der Waals surface area contributed by atoms with Gasteiger partial charge < -0.3 is 5.32 Å². The Bertz CT molecular complexity index is 845. The molecule has 4 nitrogen and oxygen atoms in total. The molecule has 1 amide bonds. The third kappa shape index (κ3) is 4.24. The van der Waals surface area contributed by atoms with E-state index >= 15 is 0 Å². The van der Waals surface area contributed by atoms with Crippen molar-refractivity contribution in [3.63, 3.8) is 0 Å². The topological polar surface area (TPSA) is 46.9 Å². The quantitative estimate of drug-likeness (QED) is 0.679. The lowest BCUT2D eigenvalue weighted by atomic mass is 10.1. The number of carbonyl (C=O) groups is 1. The van der Waals surface area contributed by atoms with Crippen molar-refractivity contribution in [2.24, 2.45) is 0 Å². The fourth-order valence-electron chi connectivity index (χ4n) is 2.33. The maximum absolute atomic E-state index is 12.3. The molecule has 0 spiro atoms. The van der Waals surface area contributed by atoms with Crippen LogP contribution in [0.4, 0.5) is 5.82 Å². The third-order valence-corrected chi connectivity index (χ3v) is 4.44. The molecule has 122 valence electrons. The van der Waals surface area contributed by atoms with Gasteiger partial charge in [-0.3, -0.25) is 4.79 Å². The van der Waals surface area contributed by atoms with E-state index in [9.17, 15) is 4.79 Å². The zero-order valence-corrected chi connectivity index (χ0v) is 15.1. The van der Waals surface area contributed by atoms with Crippen molar-refractivity contribution in [2.75, 3.05) is 5.32 Å². The minimum absolute atomic E-state index is 0.124. The smallest absolute Gasteiger partial charge is 0.229 e. The molecule has 0 unspecified atom stereocenters. The molecular weight excluding hydrogens is 390 g/mol. The van der Waals surface area contributed by atoms with Crippen molar-refractivity contribution in [1.82, 2.24) is 9.78 Å². The number of hydrogen-bond acceptors (Lipinski definition) is 2. The number of nitrogens with zero attached hydrogens (tertiary/aromatic N) is 2. The molecule has 0 aliphatic carbocycles. The molecule has 3 rings (SSSR count). The highest BCUT2D eigenvalue weighted by atomic mass is 79.9. The van der Waals surface area contributed by atoms with E-state index in [4.69, 9.17) is 11.6 Å². The summed E-state index contributed by atoms with van der Waals surface area (Å²) in [5.41, 5.74) is 1.90. The van der Waals surface area contributed by atoms with Gasteiger partial charge in [0.15, 0.2) is 0 Å². The van der Waals surface area contributed by atoms with Crippen molar-refractivity contribution >= 4 is 39.3 Å². The van der Waals surface area contributed by atoms with Gasteiger partial charge in [0.05, 0.1) is 19.2 Å². The summed E-state index contributed by atoms with van der Waals surface area (Å²) < 4.78 is 2.79. The Morgan fingerprint density at radius 3 is 2.62 bits per heavy atom.